The van der Waals surface area contributed by atoms with Crippen LogP contribution in [0.15, 0.2) is 23.6 Å². The van der Waals surface area contributed by atoms with E-state index in [-0.39, 0.29) is 0 Å². The highest BCUT2D eigenvalue weighted by molar-refractivity contribution is 7.10. The molecule has 0 aliphatic carbocycles. The zero-order chi connectivity index (χ0) is 14.8. The predicted octanol–water partition coefficient (Wildman–Crippen LogP) is 4.21. The van der Waals surface area contributed by atoms with Crippen LogP contribution < -0.4 is 9.47 Å². The second kappa shape index (κ2) is 6.26. The fourth-order valence-corrected chi connectivity index (χ4v) is 3.69. The number of hydrogen-bond acceptors (Lipinski definition) is 4. The Labute approximate surface area is 133 Å². The number of benzene rings is 1. The van der Waals surface area contributed by atoms with E-state index in [0.29, 0.717) is 35.3 Å². The van der Waals surface area contributed by atoms with Crippen molar-refractivity contribution in [3.8, 4) is 11.5 Å². The third-order valence-electron chi connectivity index (χ3n) is 3.57. The van der Waals surface area contributed by atoms with Gasteiger partial charge >= 0.3 is 0 Å². The first-order valence-electron chi connectivity index (χ1n) is 7.04. The van der Waals surface area contributed by atoms with E-state index in [1.165, 1.54) is 0 Å². The van der Waals surface area contributed by atoms with E-state index in [1.807, 2.05) is 11.4 Å². The van der Waals surface area contributed by atoms with Crippen LogP contribution >= 0.6 is 22.9 Å². The zero-order valence-corrected chi connectivity index (χ0v) is 13.3. The number of thiophene rings is 1. The number of ether oxygens (including phenoxy) is 2. The summed E-state index contributed by atoms with van der Waals surface area (Å²) in [5, 5.41) is 13.2. The maximum Gasteiger partial charge on any atom is 0.162 e. The summed E-state index contributed by atoms with van der Waals surface area (Å²) in [4.78, 5) is 0.939. The van der Waals surface area contributed by atoms with E-state index in [4.69, 9.17) is 21.1 Å². The molecule has 1 aromatic heterocycles. The number of aliphatic hydroxyl groups excluding tert-OH is 1. The molecule has 0 bridgehead atoms. The number of fused-ring (bicyclic) bond motifs is 1. The third kappa shape index (κ3) is 2.89. The van der Waals surface area contributed by atoms with Crippen molar-refractivity contribution in [1.82, 2.24) is 0 Å². The van der Waals surface area contributed by atoms with E-state index < -0.39 is 6.10 Å². The fraction of sp³-hybridized carbons (Fsp3) is 0.375. The minimum absolute atomic E-state index is 0.502. The Hall–Kier alpha value is -1.23. The summed E-state index contributed by atoms with van der Waals surface area (Å²) < 4.78 is 11.3. The SMILES string of the molecule is CCc1ccsc1C(O)c1cc2c(cc1Cl)OCCCO2. The number of rotatable bonds is 3. The highest BCUT2D eigenvalue weighted by Crippen LogP contribution is 2.40. The summed E-state index contributed by atoms with van der Waals surface area (Å²) in [6, 6.07) is 5.58. The van der Waals surface area contributed by atoms with Crippen molar-refractivity contribution in [3.05, 3.63) is 44.6 Å². The lowest BCUT2D eigenvalue weighted by Crippen LogP contribution is -2.02. The molecule has 3 nitrogen and oxygen atoms in total. The van der Waals surface area contributed by atoms with Gasteiger partial charge in [0.1, 0.15) is 6.10 Å². The first kappa shape index (κ1) is 14.7. The van der Waals surface area contributed by atoms with Crippen LogP contribution in [-0.2, 0) is 6.42 Å². The van der Waals surface area contributed by atoms with Crippen LogP contribution in [0.5, 0.6) is 11.5 Å². The highest BCUT2D eigenvalue weighted by atomic mass is 35.5. The quantitative estimate of drug-likeness (QED) is 0.919. The zero-order valence-electron chi connectivity index (χ0n) is 11.8. The van der Waals surface area contributed by atoms with Gasteiger partial charge in [0.15, 0.2) is 11.5 Å². The van der Waals surface area contributed by atoms with Gasteiger partial charge in [-0.3, -0.25) is 0 Å². The van der Waals surface area contributed by atoms with Gasteiger partial charge in [-0.05, 0) is 29.5 Å². The third-order valence-corrected chi connectivity index (χ3v) is 4.91. The molecule has 0 fully saturated rings. The Kier molecular flexibility index (Phi) is 4.38. The Morgan fingerprint density at radius 2 is 2.00 bits per heavy atom. The first-order valence-corrected chi connectivity index (χ1v) is 8.29. The highest BCUT2D eigenvalue weighted by Gasteiger charge is 2.22. The molecule has 0 spiro atoms. The molecular formula is C16H17ClO3S. The standard InChI is InChI=1S/C16H17ClO3S/c1-2-10-4-7-21-16(10)15(18)11-8-13-14(9-12(11)17)20-6-3-5-19-13/h4,7-9,15,18H,2-3,5-6H2,1H3. The molecule has 1 unspecified atom stereocenters. The number of aryl methyl sites for hydroxylation is 1. The van der Waals surface area contributed by atoms with Crippen LogP contribution in [0, 0.1) is 0 Å². The molecule has 1 N–H and O–H groups in total. The second-order valence-corrected chi connectivity index (χ2v) is 6.29. The van der Waals surface area contributed by atoms with Gasteiger partial charge in [-0.1, -0.05) is 18.5 Å². The molecule has 1 aromatic carbocycles. The number of halogens is 1. The van der Waals surface area contributed by atoms with Crippen LogP contribution in [-0.4, -0.2) is 18.3 Å². The summed E-state index contributed by atoms with van der Waals surface area (Å²) in [7, 11) is 0. The Morgan fingerprint density at radius 3 is 2.71 bits per heavy atom. The smallest absolute Gasteiger partial charge is 0.162 e. The number of aliphatic hydroxyl groups is 1. The topological polar surface area (TPSA) is 38.7 Å². The summed E-state index contributed by atoms with van der Waals surface area (Å²) in [6.45, 7) is 3.31. The van der Waals surface area contributed by atoms with Gasteiger partial charge in [0.05, 0.1) is 18.2 Å². The van der Waals surface area contributed by atoms with E-state index in [2.05, 4.69) is 6.92 Å². The van der Waals surface area contributed by atoms with Crippen LogP contribution in [0.4, 0.5) is 0 Å². The molecule has 3 rings (SSSR count). The van der Waals surface area contributed by atoms with Crippen LogP contribution in [0.2, 0.25) is 5.02 Å². The molecule has 0 amide bonds. The largest absolute Gasteiger partial charge is 0.490 e. The molecule has 2 aromatic rings. The summed E-state index contributed by atoms with van der Waals surface area (Å²) >= 11 is 7.88. The van der Waals surface area contributed by atoms with Crippen molar-refractivity contribution in [2.24, 2.45) is 0 Å². The van der Waals surface area contributed by atoms with Gasteiger partial charge in [0.2, 0.25) is 0 Å². The lowest BCUT2D eigenvalue weighted by atomic mass is 10.0. The minimum atomic E-state index is -0.732. The average molecular weight is 325 g/mol. The molecule has 5 heteroatoms. The summed E-state index contributed by atoms with van der Waals surface area (Å²) in [5.74, 6) is 1.30. The summed E-state index contributed by atoms with van der Waals surface area (Å²) in [5.41, 5.74) is 1.81. The lowest BCUT2D eigenvalue weighted by molar-refractivity contribution is 0.222. The fourth-order valence-electron chi connectivity index (χ4n) is 2.43. The molecule has 1 aliphatic heterocycles. The molecule has 1 aliphatic rings. The van der Waals surface area contributed by atoms with Crippen molar-refractivity contribution in [3.63, 3.8) is 0 Å². The maximum absolute atomic E-state index is 10.7. The van der Waals surface area contributed by atoms with Crippen molar-refractivity contribution in [2.45, 2.75) is 25.9 Å². The van der Waals surface area contributed by atoms with Gasteiger partial charge in [-0.15, -0.1) is 11.3 Å². The van der Waals surface area contributed by atoms with Gasteiger partial charge in [0, 0.05) is 22.9 Å². The normalized spacial score (nSPS) is 15.6. The maximum atomic E-state index is 10.7. The molecule has 2 heterocycles. The van der Waals surface area contributed by atoms with Crippen LogP contribution in [0.1, 0.15) is 35.5 Å². The van der Waals surface area contributed by atoms with Crippen LogP contribution in [0.3, 0.4) is 0 Å². The second-order valence-electron chi connectivity index (χ2n) is 4.94. The monoisotopic (exact) mass is 324 g/mol. The van der Waals surface area contributed by atoms with Gasteiger partial charge in [-0.25, -0.2) is 0 Å². The molecule has 21 heavy (non-hydrogen) atoms. The molecule has 112 valence electrons. The number of hydrogen-bond donors (Lipinski definition) is 1. The van der Waals surface area contributed by atoms with Gasteiger partial charge in [0.25, 0.3) is 0 Å². The van der Waals surface area contributed by atoms with Crippen LogP contribution in [0.25, 0.3) is 0 Å². The van der Waals surface area contributed by atoms with E-state index >= 15 is 0 Å². The molecule has 0 saturated heterocycles. The van der Waals surface area contributed by atoms with E-state index in [0.717, 1.165) is 23.3 Å². The minimum Gasteiger partial charge on any atom is -0.490 e. The van der Waals surface area contributed by atoms with Crippen molar-refractivity contribution < 1.29 is 14.6 Å². The van der Waals surface area contributed by atoms with Crippen molar-refractivity contribution >= 4 is 22.9 Å². The molecular weight excluding hydrogens is 308 g/mol. The first-order chi connectivity index (χ1) is 10.2. The van der Waals surface area contributed by atoms with Crippen molar-refractivity contribution in [2.75, 3.05) is 13.2 Å². The van der Waals surface area contributed by atoms with E-state index in [1.54, 1.807) is 23.5 Å². The molecule has 0 saturated carbocycles. The Bertz CT molecular complexity index is 638. The molecule has 0 radical (unpaired) electrons. The Balaban J connectivity index is 2.00. The Morgan fingerprint density at radius 1 is 1.29 bits per heavy atom. The van der Waals surface area contributed by atoms with Crippen molar-refractivity contribution in [1.29, 1.82) is 0 Å². The van der Waals surface area contributed by atoms with E-state index in [9.17, 15) is 5.11 Å². The van der Waals surface area contributed by atoms with Gasteiger partial charge in [-0.2, -0.15) is 0 Å². The summed E-state index contributed by atoms with van der Waals surface area (Å²) in [6.07, 6.45) is 0.997. The average Bonchev–Trinajstić information content (AvgIpc) is 2.85. The molecule has 1 atom stereocenters. The predicted molar refractivity (Wildman–Crippen MR) is 84.8 cm³/mol. The lowest BCUT2D eigenvalue weighted by Gasteiger charge is -2.16. The van der Waals surface area contributed by atoms with Gasteiger partial charge < -0.3 is 14.6 Å².